The monoisotopic (exact) mass is 155 g/mol. The van der Waals surface area contributed by atoms with Crippen molar-refractivity contribution < 1.29 is 4.79 Å². The molecule has 0 aliphatic rings. The number of nitrogens with one attached hydrogen (secondary N) is 1. The highest BCUT2D eigenvalue weighted by Gasteiger charge is 1.83. The normalized spacial score (nSPS) is 10.4. The van der Waals surface area contributed by atoms with Crippen LogP contribution in [0.4, 0.5) is 0 Å². The summed E-state index contributed by atoms with van der Waals surface area (Å²) in [6.07, 6.45) is 8.51. The van der Waals surface area contributed by atoms with E-state index in [9.17, 15) is 4.79 Å². The molecule has 0 fully saturated rings. The smallest absolute Gasteiger partial charge is 0.220 e. The third-order valence-corrected chi connectivity index (χ3v) is 1.38. The maximum absolute atomic E-state index is 10.4. The molecule has 0 heterocycles. The van der Waals surface area contributed by atoms with Crippen LogP contribution in [0.3, 0.4) is 0 Å². The lowest BCUT2D eigenvalue weighted by atomic mass is 10.2. The van der Waals surface area contributed by atoms with Gasteiger partial charge in [0.2, 0.25) is 5.91 Å². The Morgan fingerprint density at radius 3 is 2.73 bits per heavy atom. The minimum Gasteiger partial charge on any atom is -0.333 e. The number of hydrogen-bond acceptors (Lipinski definition) is 1. The largest absolute Gasteiger partial charge is 0.333 e. The van der Waals surface area contributed by atoms with Gasteiger partial charge in [-0.05, 0) is 19.0 Å². The number of allylic oxidation sites excluding steroid dienone is 1. The van der Waals surface area contributed by atoms with E-state index in [0.717, 1.165) is 6.42 Å². The molecule has 0 saturated heterocycles. The second kappa shape index (κ2) is 7.32. The predicted molar refractivity (Wildman–Crippen MR) is 47.1 cm³/mol. The van der Waals surface area contributed by atoms with Crippen LogP contribution >= 0.6 is 0 Å². The van der Waals surface area contributed by atoms with Gasteiger partial charge in [0.25, 0.3) is 0 Å². The summed E-state index contributed by atoms with van der Waals surface area (Å²) in [6, 6.07) is 0. The highest BCUT2D eigenvalue weighted by Crippen LogP contribution is 1.98. The van der Waals surface area contributed by atoms with Crippen molar-refractivity contribution in [2.24, 2.45) is 0 Å². The molecule has 2 heteroatoms. The molecule has 0 bridgehead atoms. The third kappa shape index (κ3) is 9.21. The molecule has 1 amide bonds. The minimum absolute atomic E-state index is 0.00302. The first-order valence-electron chi connectivity index (χ1n) is 4.19. The van der Waals surface area contributed by atoms with Gasteiger partial charge in [-0.1, -0.05) is 25.8 Å². The summed E-state index contributed by atoms with van der Waals surface area (Å²) < 4.78 is 0. The maximum atomic E-state index is 10.4. The van der Waals surface area contributed by atoms with E-state index in [0.29, 0.717) is 0 Å². The lowest BCUT2D eigenvalue weighted by molar-refractivity contribution is -0.118. The number of rotatable bonds is 5. The zero-order valence-corrected chi connectivity index (χ0v) is 7.39. The predicted octanol–water partition coefficient (Wildman–Crippen LogP) is 2.22. The number of carbonyl (C=O) groups is 1. The average Bonchev–Trinajstić information content (AvgIpc) is 1.96. The molecule has 0 unspecified atom stereocenters. The maximum Gasteiger partial charge on any atom is 0.220 e. The zero-order chi connectivity index (χ0) is 8.53. The van der Waals surface area contributed by atoms with Crippen molar-refractivity contribution in [3.63, 3.8) is 0 Å². The standard InChI is InChI=1S/C9H17NO/c1-3-4-5-6-7-8-10-9(2)11/h7-8H,3-6H2,1-2H3,(H,10,11)/b8-7+. The van der Waals surface area contributed by atoms with Gasteiger partial charge in [0.05, 0.1) is 0 Å². The van der Waals surface area contributed by atoms with Crippen LogP contribution in [0.25, 0.3) is 0 Å². The van der Waals surface area contributed by atoms with Crippen molar-refractivity contribution in [3.8, 4) is 0 Å². The zero-order valence-electron chi connectivity index (χ0n) is 7.39. The van der Waals surface area contributed by atoms with Gasteiger partial charge in [-0.3, -0.25) is 4.79 Å². The molecular weight excluding hydrogens is 138 g/mol. The number of amides is 1. The molecule has 1 N–H and O–H groups in total. The van der Waals surface area contributed by atoms with Crippen molar-refractivity contribution in [2.75, 3.05) is 0 Å². The van der Waals surface area contributed by atoms with Crippen LogP contribution in [0.15, 0.2) is 12.3 Å². The average molecular weight is 155 g/mol. The van der Waals surface area contributed by atoms with Crippen LogP contribution in [0.5, 0.6) is 0 Å². The van der Waals surface area contributed by atoms with Crippen LogP contribution in [-0.4, -0.2) is 5.91 Å². The van der Waals surface area contributed by atoms with Crippen LogP contribution in [0.2, 0.25) is 0 Å². The van der Waals surface area contributed by atoms with Gasteiger partial charge in [-0.25, -0.2) is 0 Å². The molecule has 0 saturated carbocycles. The first kappa shape index (κ1) is 10.2. The molecule has 0 aromatic heterocycles. The highest BCUT2D eigenvalue weighted by molar-refractivity contribution is 5.73. The molecule has 11 heavy (non-hydrogen) atoms. The molecular formula is C9H17NO. The van der Waals surface area contributed by atoms with Crippen molar-refractivity contribution in [2.45, 2.75) is 39.5 Å². The Morgan fingerprint density at radius 1 is 1.45 bits per heavy atom. The molecule has 2 nitrogen and oxygen atoms in total. The topological polar surface area (TPSA) is 29.1 Å². The van der Waals surface area contributed by atoms with E-state index in [1.807, 2.05) is 6.08 Å². The van der Waals surface area contributed by atoms with Crippen LogP contribution in [-0.2, 0) is 4.79 Å². The molecule has 0 aliphatic heterocycles. The molecule has 0 aromatic rings. The van der Waals surface area contributed by atoms with E-state index < -0.39 is 0 Å². The van der Waals surface area contributed by atoms with Crippen LogP contribution < -0.4 is 5.32 Å². The van der Waals surface area contributed by atoms with E-state index in [1.54, 1.807) is 6.20 Å². The van der Waals surface area contributed by atoms with Gasteiger partial charge in [0, 0.05) is 6.92 Å². The molecule has 0 aliphatic carbocycles. The Balaban J connectivity index is 3.10. The van der Waals surface area contributed by atoms with Crippen LogP contribution in [0.1, 0.15) is 39.5 Å². The van der Waals surface area contributed by atoms with E-state index >= 15 is 0 Å². The molecule has 0 rings (SSSR count). The fraction of sp³-hybridized carbons (Fsp3) is 0.667. The van der Waals surface area contributed by atoms with E-state index in [-0.39, 0.29) is 5.91 Å². The summed E-state index contributed by atoms with van der Waals surface area (Å²) >= 11 is 0. The van der Waals surface area contributed by atoms with Gasteiger partial charge in [-0.2, -0.15) is 0 Å². The number of carbonyl (C=O) groups excluding carboxylic acids is 1. The van der Waals surface area contributed by atoms with E-state index in [1.165, 1.54) is 26.2 Å². The Kier molecular flexibility index (Phi) is 6.79. The Morgan fingerprint density at radius 2 is 2.18 bits per heavy atom. The summed E-state index contributed by atoms with van der Waals surface area (Å²) in [5.41, 5.74) is 0. The third-order valence-electron chi connectivity index (χ3n) is 1.38. The van der Waals surface area contributed by atoms with Crippen molar-refractivity contribution in [1.29, 1.82) is 0 Å². The fourth-order valence-electron chi connectivity index (χ4n) is 0.772. The van der Waals surface area contributed by atoms with Crippen molar-refractivity contribution in [1.82, 2.24) is 5.32 Å². The first-order chi connectivity index (χ1) is 5.27. The van der Waals surface area contributed by atoms with Crippen molar-refractivity contribution >= 4 is 5.91 Å². The minimum atomic E-state index is -0.00302. The highest BCUT2D eigenvalue weighted by atomic mass is 16.1. The second-order valence-electron chi connectivity index (χ2n) is 2.60. The number of unbranched alkanes of at least 4 members (excludes halogenated alkanes) is 3. The molecule has 0 atom stereocenters. The molecule has 0 radical (unpaired) electrons. The second-order valence-corrected chi connectivity index (χ2v) is 2.60. The van der Waals surface area contributed by atoms with Gasteiger partial charge < -0.3 is 5.32 Å². The van der Waals surface area contributed by atoms with Gasteiger partial charge in [0.15, 0.2) is 0 Å². The van der Waals surface area contributed by atoms with Crippen molar-refractivity contribution in [3.05, 3.63) is 12.3 Å². The summed E-state index contributed by atoms with van der Waals surface area (Å²) in [5, 5.41) is 2.60. The molecule has 0 aromatic carbocycles. The Labute approximate surface area is 68.7 Å². The van der Waals surface area contributed by atoms with Crippen LogP contribution in [0, 0.1) is 0 Å². The van der Waals surface area contributed by atoms with Gasteiger partial charge in [-0.15, -0.1) is 0 Å². The van der Waals surface area contributed by atoms with Gasteiger partial charge >= 0.3 is 0 Å². The lowest BCUT2D eigenvalue weighted by Crippen LogP contribution is -2.11. The summed E-state index contributed by atoms with van der Waals surface area (Å²) in [7, 11) is 0. The lowest BCUT2D eigenvalue weighted by Gasteiger charge is -1.92. The van der Waals surface area contributed by atoms with E-state index in [2.05, 4.69) is 12.2 Å². The fourth-order valence-corrected chi connectivity index (χ4v) is 0.772. The first-order valence-corrected chi connectivity index (χ1v) is 4.19. The summed E-state index contributed by atoms with van der Waals surface area (Å²) in [6.45, 7) is 3.69. The number of hydrogen-bond donors (Lipinski definition) is 1. The molecule has 0 spiro atoms. The summed E-state index contributed by atoms with van der Waals surface area (Å²) in [5.74, 6) is -0.00302. The quantitative estimate of drug-likeness (QED) is 0.606. The Bertz CT molecular complexity index is 130. The summed E-state index contributed by atoms with van der Waals surface area (Å²) in [4.78, 5) is 10.4. The molecule has 64 valence electrons. The Hall–Kier alpha value is -0.790. The van der Waals surface area contributed by atoms with E-state index in [4.69, 9.17) is 0 Å². The SMILES string of the molecule is CCCCC/C=C/NC(C)=O. The van der Waals surface area contributed by atoms with Gasteiger partial charge in [0.1, 0.15) is 0 Å².